The number of hydrogen-bond acceptors (Lipinski definition) is 6. The van der Waals surface area contributed by atoms with E-state index >= 15 is 0 Å². The Morgan fingerprint density at radius 3 is 1.14 bits per heavy atom. The molecule has 0 saturated carbocycles. The van der Waals surface area contributed by atoms with Gasteiger partial charge in [-0.25, -0.2) is 0 Å². The van der Waals surface area contributed by atoms with Gasteiger partial charge in [0.2, 0.25) is 0 Å². The third-order valence-electron chi connectivity index (χ3n) is 12.3. The van der Waals surface area contributed by atoms with Crippen molar-refractivity contribution in [1.29, 1.82) is 0 Å². The lowest BCUT2D eigenvalue weighted by atomic mass is 9.85. The fourth-order valence-electron chi connectivity index (χ4n) is 8.54. The van der Waals surface area contributed by atoms with Gasteiger partial charge >= 0.3 is 11.9 Å². The molecule has 0 amide bonds. The summed E-state index contributed by atoms with van der Waals surface area (Å²) in [5, 5.41) is 11.9. The van der Waals surface area contributed by atoms with Gasteiger partial charge in [-0.05, 0) is 103 Å². The zero-order chi connectivity index (χ0) is 42.1. The molecular formula is C51H101NO5. The van der Waals surface area contributed by atoms with Gasteiger partial charge in [0.1, 0.15) is 0 Å². The van der Waals surface area contributed by atoms with E-state index in [4.69, 9.17) is 9.47 Å². The zero-order valence-electron chi connectivity index (χ0n) is 39.5. The van der Waals surface area contributed by atoms with Crippen molar-refractivity contribution in [3.8, 4) is 0 Å². The Balaban J connectivity index is 4.74. The van der Waals surface area contributed by atoms with Gasteiger partial charge in [-0.15, -0.1) is 0 Å². The van der Waals surface area contributed by atoms with Gasteiger partial charge in [-0.1, -0.05) is 183 Å². The van der Waals surface area contributed by atoms with Crippen molar-refractivity contribution in [3.05, 3.63) is 0 Å². The number of esters is 2. The predicted molar refractivity (Wildman–Crippen MR) is 246 cm³/mol. The number of carbonyl (C=O) groups excluding carboxylic acids is 2. The van der Waals surface area contributed by atoms with Crippen LogP contribution in [0.3, 0.4) is 0 Å². The molecule has 0 fully saturated rings. The van der Waals surface area contributed by atoms with E-state index in [1.54, 1.807) is 0 Å². The summed E-state index contributed by atoms with van der Waals surface area (Å²) in [7, 11) is 0. The van der Waals surface area contributed by atoms with E-state index in [0.29, 0.717) is 13.2 Å². The number of aliphatic hydroxyl groups is 1. The van der Waals surface area contributed by atoms with E-state index in [1.165, 1.54) is 90.1 Å². The molecule has 0 aliphatic carbocycles. The largest absolute Gasteiger partial charge is 0.465 e. The smallest absolute Gasteiger partial charge is 0.308 e. The van der Waals surface area contributed by atoms with Crippen molar-refractivity contribution in [2.75, 3.05) is 32.8 Å². The minimum Gasteiger partial charge on any atom is -0.465 e. The fourth-order valence-corrected chi connectivity index (χ4v) is 8.54. The Hall–Kier alpha value is -1.14. The average Bonchev–Trinajstić information content (AvgIpc) is 3.20. The number of nitrogens with zero attached hydrogens (tertiary/aromatic N) is 1. The summed E-state index contributed by atoms with van der Waals surface area (Å²) in [5.41, 5.74) is -0.606. The number of hydrogen-bond donors (Lipinski definition) is 1. The second-order valence-electron chi connectivity index (χ2n) is 18.0. The minimum atomic E-state index is -0.606. The lowest BCUT2D eigenvalue weighted by Crippen LogP contribution is -2.30. The highest BCUT2D eigenvalue weighted by molar-refractivity contribution is 5.72. The lowest BCUT2D eigenvalue weighted by molar-refractivity contribution is -0.150. The van der Waals surface area contributed by atoms with Crippen molar-refractivity contribution in [1.82, 2.24) is 4.90 Å². The summed E-state index contributed by atoms with van der Waals surface area (Å²) in [6.07, 6.45) is 38.7. The van der Waals surface area contributed by atoms with Crippen molar-refractivity contribution in [2.45, 2.75) is 272 Å². The molecule has 0 radical (unpaired) electrons. The first-order chi connectivity index (χ1) is 27.8. The van der Waals surface area contributed by atoms with Crippen molar-refractivity contribution < 1.29 is 24.2 Å². The third-order valence-corrected chi connectivity index (χ3v) is 12.3. The standard InChI is InChI=1S/C51H101NO5/c1-7-13-17-19-21-27-37-47(35-15-9-3)49(53)56-45-33-25-23-29-39-51(55,41-31-32-44-52(42-11-5)43-12-6)40-30-24-26-34-46-57-50(54)48(36-16-10-4)38-28-22-20-18-14-8-2/h47-48,55H,7-46H2,1-6H3. The second-order valence-corrected chi connectivity index (χ2v) is 18.0. The number of rotatable bonds is 45. The molecule has 0 rings (SSSR count). The molecule has 0 heterocycles. The summed E-state index contributed by atoms with van der Waals surface area (Å²) in [5.74, 6) is 0.195. The topological polar surface area (TPSA) is 76.1 Å². The maximum Gasteiger partial charge on any atom is 0.308 e. The first-order valence-corrected chi connectivity index (χ1v) is 25.6. The zero-order valence-corrected chi connectivity index (χ0v) is 39.5. The van der Waals surface area contributed by atoms with Crippen LogP contribution in [-0.2, 0) is 19.1 Å². The normalized spacial score (nSPS) is 13.8. The Bertz CT molecular complexity index is 805. The Morgan fingerprint density at radius 1 is 0.404 bits per heavy atom. The van der Waals surface area contributed by atoms with E-state index in [9.17, 15) is 14.7 Å². The molecule has 340 valence electrons. The minimum absolute atomic E-state index is 0.0284. The highest BCUT2D eigenvalue weighted by Crippen LogP contribution is 2.29. The van der Waals surface area contributed by atoms with Gasteiger partial charge in [0.05, 0.1) is 30.7 Å². The Labute approximate surface area is 356 Å². The quantitative estimate of drug-likeness (QED) is 0.0488. The average molecular weight is 808 g/mol. The van der Waals surface area contributed by atoms with Gasteiger partial charge < -0.3 is 19.5 Å². The molecule has 57 heavy (non-hydrogen) atoms. The molecular weight excluding hydrogens is 707 g/mol. The molecule has 6 heteroatoms. The Kier molecular flexibility index (Phi) is 40.8. The molecule has 1 N–H and O–H groups in total. The van der Waals surface area contributed by atoms with Gasteiger partial charge in [0.15, 0.2) is 0 Å². The predicted octanol–water partition coefficient (Wildman–Crippen LogP) is 15.1. The molecule has 0 spiro atoms. The number of carbonyl (C=O) groups is 2. The van der Waals surface area contributed by atoms with Crippen molar-refractivity contribution in [2.24, 2.45) is 11.8 Å². The van der Waals surface area contributed by atoms with Crippen LogP contribution in [0.25, 0.3) is 0 Å². The molecule has 0 aromatic heterocycles. The third kappa shape index (κ3) is 34.3. The maximum atomic E-state index is 12.9. The maximum absolute atomic E-state index is 12.9. The first kappa shape index (κ1) is 55.9. The lowest BCUT2D eigenvalue weighted by Gasteiger charge is -2.29. The van der Waals surface area contributed by atoms with Crippen LogP contribution in [0.15, 0.2) is 0 Å². The molecule has 2 atom stereocenters. The summed E-state index contributed by atoms with van der Waals surface area (Å²) in [6.45, 7) is 18.0. The molecule has 0 aliphatic heterocycles. The Morgan fingerprint density at radius 2 is 0.737 bits per heavy atom. The van der Waals surface area contributed by atoms with E-state index in [-0.39, 0.29) is 23.8 Å². The monoisotopic (exact) mass is 808 g/mol. The molecule has 0 aromatic carbocycles. The molecule has 6 nitrogen and oxygen atoms in total. The van der Waals surface area contributed by atoms with E-state index < -0.39 is 5.60 Å². The molecule has 0 aromatic rings. The van der Waals surface area contributed by atoms with Crippen molar-refractivity contribution >= 4 is 11.9 Å². The number of ether oxygens (including phenoxy) is 2. The van der Waals surface area contributed by atoms with Gasteiger partial charge in [-0.2, -0.15) is 0 Å². The summed E-state index contributed by atoms with van der Waals surface area (Å²) >= 11 is 0. The summed E-state index contributed by atoms with van der Waals surface area (Å²) in [4.78, 5) is 28.5. The van der Waals surface area contributed by atoms with Crippen LogP contribution in [0.5, 0.6) is 0 Å². The van der Waals surface area contributed by atoms with Crippen LogP contribution in [0.1, 0.15) is 266 Å². The SMILES string of the molecule is CCCCCCCCC(CCCC)C(=O)OCCCCCCC(O)(CCCCCCOC(=O)C(CCCC)CCCCCCCC)CCCCN(CCC)CCC. The van der Waals surface area contributed by atoms with E-state index in [1.807, 2.05) is 0 Å². The second kappa shape index (κ2) is 41.6. The van der Waals surface area contributed by atoms with Gasteiger partial charge in [0.25, 0.3) is 0 Å². The first-order valence-electron chi connectivity index (χ1n) is 25.6. The van der Waals surface area contributed by atoms with E-state index in [0.717, 1.165) is 154 Å². The van der Waals surface area contributed by atoms with Crippen molar-refractivity contribution in [3.63, 3.8) is 0 Å². The van der Waals surface area contributed by atoms with Crippen LogP contribution in [-0.4, -0.2) is 60.4 Å². The van der Waals surface area contributed by atoms with E-state index in [2.05, 4.69) is 46.4 Å². The summed E-state index contributed by atoms with van der Waals surface area (Å²) in [6, 6.07) is 0. The fraction of sp³-hybridized carbons (Fsp3) is 0.961. The molecule has 0 saturated heterocycles. The van der Waals surface area contributed by atoms with Crippen LogP contribution in [0.2, 0.25) is 0 Å². The van der Waals surface area contributed by atoms with Crippen LogP contribution in [0, 0.1) is 11.8 Å². The molecule has 0 aliphatic rings. The number of unbranched alkanes of at least 4 members (excludes halogenated alkanes) is 19. The van der Waals surface area contributed by atoms with Crippen LogP contribution < -0.4 is 0 Å². The highest BCUT2D eigenvalue weighted by atomic mass is 16.5. The highest BCUT2D eigenvalue weighted by Gasteiger charge is 2.26. The van der Waals surface area contributed by atoms with Gasteiger partial charge in [-0.3, -0.25) is 9.59 Å². The van der Waals surface area contributed by atoms with Crippen LogP contribution in [0.4, 0.5) is 0 Å². The molecule has 2 unspecified atom stereocenters. The van der Waals surface area contributed by atoms with Crippen LogP contribution >= 0.6 is 0 Å². The van der Waals surface area contributed by atoms with Gasteiger partial charge in [0, 0.05) is 0 Å². The molecule has 0 bridgehead atoms. The summed E-state index contributed by atoms with van der Waals surface area (Å²) < 4.78 is 11.6.